The molecule has 0 radical (unpaired) electrons. The molecule has 0 aromatic heterocycles. The van der Waals surface area contributed by atoms with Crippen LogP contribution in [0.25, 0.3) is 0 Å². The number of sulfonamides is 1. The molecule has 5 nitrogen and oxygen atoms in total. The molecule has 1 heterocycles. The molecule has 1 aromatic rings. The Morgan fingerprint density at radius 2 is 1.68 bits per heavy atom. The maximum absolute atomic E-state index is 12.4. The van der Waals surface area contributed by atoms with E-state index in [1.807, 2.05) is 44.2 Å². The summed E-state index contributed by atoms with van der Waals surface area (Å²) in [5.74, 6) is 0.178. The van der Waals surface area contributed by atoms with Crippen molar-refractivity contribution in [2.75, 3.05) is 31.9 Å². The maximum atomic E-state index is 12.4. The Hall–Kier alpha value is -1.40. The van der Waals surface area contributed by atoms with E-state index < -0.39 is 10.0 Å². The minimum absolute atomic E-state index is 0.0405. The fourth-order valence-electron chi connectivity index (χ4n) is 2.57. The van der Waals surface area contributed by atoms with Crippen molar-refractivity contribution in [2.24, 2.45) is 5.92 Å². The topological polar surface area (TPSA) is 57.7 Å². The number of aryl methyl sites for hydroxylation is 1. The number of piperazine rings is 1. The van der Waals surface area contributed by atoms with Gasteiger partial charge in [0.15, 0.2) is 0 Å². The average Bonchev–Trinajstić information content (AvgIpc) is 2.53. The fourth-order valence-corrected chi connectivity index (χ4v) is 4.04. The Kier molecular flexibility index (Phi) is 5.58. The molecule has 1 amide bonds. The second-order valence-electron chi connectivity index (χ2n) is 5.93. The number of amides is 1. The predicted molar refractivity (Wildman–Crippen MR) is 86.9 cm³/mol. The summed E-state index contributed by atoms with van der Waals surface area (Å²) in [5, 5.41) is 0. The number of nitrogens with zero attached hydrogens (tertiary/aromatic N) is 2. The van der Waals surface area contributed by atoms with Crippen molar-refractivity contribution in [2.45, 2.75) is 20.3 Å². The fraction of sp³-hybridized carbons (Fsp3) is 0.562. The molecule has 1 aliphatic heterocycles. The van der Waals surface area contributed by atoms with Crippen molar-refractivity contribution < 1.29 is 13.2 Å². The lowest BCUT2D eigenvalue weighted by Gasteiger charge is -2.34. The lowest BCUT2D eigenvalue weighted by atomic mass is 10.2. The van der Waals surface area contributed by atoms with Crippen LogP contribution in [-0.2, 0) is 21.2 Å². The Bertz CT molecular complexity index is 591. The van der Waals surface area contributed by atoms with E-state index in [0.29, 0.717) is 32.6 Å². The van der Waals surface area contributed by atoms with Gasteiger partial charge in [0, 0.05) is 32.1 Å². The molecule has 0 bridgehead atoms. The number of carbonyl (C=O) groups excluding carboxylic acids is 1. The van der Waals surface area contributed by atoms with Crippen LogP contribution in [0.15, 0.2) is 30.3 Å². The molecule has 1 fully saturated rings. The van der Waals surface area contributed by atoms with Gasteiger partial charge in [0.1, 0.15) is 0 Å². The van der Waals surface area contributed by atoms with Gasteiger partial charge in [-0.15, -0.1) is 0 Å². The van der Waals surface area contributed by atoms with Crippen LogP contribution in [0.2, 0.25) is 0 Å². The molecule has 1 aromatic carbocycles. The number of hydrogen-bond donors (Lipinski definition) is 0. The first-order chi connectivity index (χ1) is 10.4. The molecule has 122 valence electrons. The minimum atomic E-state index is -3.26. The zero-order valence-electron chi connectivity index (χ0n) is 13.2. The van der Waals surface area contributed by atoms with Crippen LogP contribution >= 0.6 is 0 Å². The number of hydrogen-bond acceptors (Lipinski definition) is 3. The van der Waals surface area contributed by atoms with E-state index >= 15 is 0 Å². The van der Waals surface area contributed by atoms with E-state index in [-0.39, 0.29) is 17.6 Å². The molecular formula is C16H24N2O3S. The number of benzene rings is 1. The Morgan fingerprint density at radius 1 is 1.09 bits per heavy atom. The largest absolute Gasteiger partial charge is 0.340 e. The number of carbonyl (C=O) groups is 1. The highest BCUT2D eigenvalue weighted by atomic mass is 32.2. The van der Waals surface area contributed by atoms with Crippen molar-refractivity contribution in [1.82, 2.24) is 9.21 Å². The van der Waals surface area contributed by atoms with E-state index in [4.69, 9.17) is 0 Å². The first kappa shape index (κ1) is 17.0. The van der Waals surface area contributed by atoms with Gasteiger partial charge in [-0.3, -0.25) is 4.79 Å². The normalized spacial score (nSPS) is 17.0. The van der Waals surface area contributed by atoms with Gasteiger partial charge >= 0.3 is 0 Å². The number of rotatable bonds is 5. The third-order valence-corrected chi connectivity index (χ3v) is 5.80. The second kappa shape index (κ2) is 7.24. The lowest BCUT2D eigenvalue weighted by molar-refractivity contribution is -0.135. The van der Waals surface area contributed by atoms with Gasteiger partial charge in [-0.2, -0.15) is 4.31 Å². The summed E-state index contributed by atoms with van der Waals surface area (Å²) in [6, 6.07) is 9.63. The van der Waals surface area contributed by atoms with Gasteiger partial charge in [-0.05, 0) is 12.0 Å². The zero-order valence-corrected chi connectivity index (χ0v) is 14.1. The van der Waals surface area contributed by atoms with Crippen LogP contribution in [0.1, 0.15) is 19.4 Å². The van der Waals surface area contributed by atoms with Gasteiger partial charge in [0.25, 0.3) is 0 Å². The van der Waals surface area contributed by atoms with Crippen LogP contribution < -0.4 is 0 Å². The summed E-state index contributed by atoms with van der Waals surface area (Å²) < 4.78 is 26.3. The molecule has 22 heavy (non-hydrogen) atoms. The molecule has 6 heteroatoms. The Labute approximate surface area is 133 Å². The van der Waals surface area contributed by atoms with Crippen molar-refractivity contribution >= 4 is 15.9 Å². The predicted octanol–water partition coefficient (Wildman–Crippen LogP) is 1.36. The van der Waals surface area contributed by atoms with Gasteiger partial charge in [-0.1, -0.05) is 44.2 Å². The molecule has 1 aliphatic rings. The summed E-state index contributed by atoms with van der Waals surface area (Å²) in [5.41, 5.74) is 1.03. The molecule has 0 aliphatic carbocycles. The summed E-state index contributed by atoms with van der Waals surface area (Å²) in [6.45, 7) is 5.50. The molecule has 2 rings (SSSR count). The highest BCUT2D eigenvalue weighted by Gasteiger charge is 2.29. The highest BCUT2D eigenvalue weighted by Crippen LogP contribution is 2.12. The van der Waals surface area contributed by atoms with Crippen LogP contribution in [0, 0.1) is 5.92 Å². The zero-order chi connectivity index (χ0) is 16.2. The average molecular weight is 324 g/mol. The van der Waals surface area contributed by atoms with Crippen LogP contribution in [0.5, 0.6) is 0 Å². The summed E-state index contributed by atoms with van der Waals surface area (Å²) in [4.78, 5) is 13.7. The maximum Gasteiger partial charge on any atom is 0.225 e. The van der Waals surface area contributed by atoms with E-state index in [2.05, 4.69) is 0 Å². The lowest BCUT2D eigenvalue weighted by Crippen LogP contribution is -2.52. The van der Waals surface area contributed by atoms with Gasteiger partial charge in [-0.25, -0.2) is 8.42 Å². The summed E-state index contributed by atoms with van der Waals surface area (Å²) in [6.07, 6.45) is 0.522. The van der Waals surface area contributed by atoms with Crippen LogP contribution in [0.3, 0.4) is 0 Å². The Balaban J connectivity index is 1.88. The smallest absolute Gasteiger partial charge is 0.225 e. The summed E-state index contributed by atoms with van der Waals surface area (Å²) in [7, 11) is -3.26. The van der Waals surface area contributed by atoms with Crippen LogP contribution in [0.4, 0.5) is 0 Å². The first-order valence-electron chi connectivity index (χ1n) is 7.70. The molecule has 0 atom stereocenters. The monoisotopic (exact) mass is 324 g/mol. The molecule has 0 saturated carbocycles. The van der Waals surface area contributed by atoms with Crippen molar-refractivity contribution in [1.29, 1.82) is 0 Å². The minimum Gasteiger partial charge on any atom is -0.340 e. The van der Waals surface area contributed by atoms with E-state index in [0.717, 1.165) is 5.56 Å². The molecule has 0 N–H and O–H groups in total. The SMILES string of the molecule is CC(C)C(=O)N1CCN(S(=O)(=O)CCc2ccccc2)CC1. The first-order valence-corrected chi connectivity index (χ1v) is 9.31. The van der Waals surface area contributed by atoms with Crippen LogP contribution in [-0.4, -0.2) is 55.5 Å². The standard InChI is InChI=1S/C16H24N2O3S/c1-14(2)16(19)17-9-11-18(12-10-17)22(20,21)13-8-15-6-4-3-5-7-15/h3-7,14H,8-13H2,1-2H3. The van der Waals surface area contributed by atoms with E-state index in [9.17, 15) is 13.2 Å². The van der Waals surface area contributed by atoms with Crippen molar-refractivity contribution in [3.05, 3.63) is 35.9 Å². The summed E-state index contributed by atoms with van der Waals surface area (Å²) >= 11 is 0. The van der Waals surface area contributed by atoms with Gasteiger partial charge in [0.05, 0.1) is 5.75 Å². The molecule has 0 unspecified atom stereocenters. The van der Waals surface area contributed by atoms with Crippen molar-refractivity contribution in [3.63, 3.8) is 0 Å². The molecule has 1 saturated heterocycles. The van der Waals surface area contributed by atoms with E-state index in [1.165, 1.54) is 4.31 Å². The van der Waals surface area contributed by atoms with Gasteiger partial charge in [0.2, 0.25) is 15.9 Å². The van der Waals surface area contributed by atoms with Crippen molar-refractivity contribution in [3.8, 4) is 0 Å². The third-order valence-electron chi connectivity index (χ3n) is 3.93. The molecule has 0 spiro atoms. The van der Waals surface area contributed by atoms with E-state index in [1.54, 1.807) is 4.90 Å². The highest BCUT2D eigenvalue weighted by molar-refractivity contribution is 7.89. The third kappa shape index (κ3) is 4.30. The Morgan fingerprint density at radius 3 is 2.23 bits per heavy atom. The molecular weight excluding hydrogens is 300 g/mol. The van der Waals surface area contributed by atoms with Gasteiger partial charge < -0.3 is 4.90 Å². The second-order valence-corrected chi connectivity index (χ2v) is 8.02. The quantitative estimate of drug-likeness (QED) is 0.822.